The normalized spacial score (nSPS) is 12.6. The zero-order valence-electron chi connectivity index (χ0n) is 14.8. The van der Waals surface area contributed by atoms with Crippen LogP contribution in [-0.4, -0.2) is 29.7 Å². The minimum absolute atomic E-state index is 0.199. The van der Waals surface area contributed by atoms with Crippen molar-refractivity contribution in [2.45, 2.75) is 32.7 Å². The molecule has 4 aromatic rings. The number of hydrogen-bond donors (Lipinski definition) is 1. The van der Waals surface area contributed by atoms with Gasteiger partial charge in [0.2, 0.25) is 11.7 Å². The molecule has 132 valence electrons. The highest BCUT2D eigenvalue weighted by Gasteiger charge is 2.18. The molecule has 4 heterocycles. The summed E-state index contributed by atoms with van der Waals surface area (Å²) in [7, 11) is 0. The first-order valence-electron chi connectivity index (χ1n) is 8.48. The second kappa shape index (κ2) is 6.55. The van der Waals surface area contributed by atoms with Crippen LogP contribution in [0, 0.1) is 0 Å². The molecule has 0 saturated carbocycles. The summed E-state index contributed by atoms with van der Waals surface area (Å²) >= 11 is 0. The standard InChI is InChI=1S/C18H19N7O/c1-11(2)14-10-16(25-15(22-14)7-9-20-25)21-12(3)18-23-17(24-26-18)13-6-4-5-8-19-13/h4-12,21H,1-3H3/t12-/m0/s1. The molecule has 8 nitrogen and oxygen atoms in total. The Labute approximate surface area is 150 Å². The van der Waals surface area contributed by atoms with E-state index >= 15 is 0 Å². The van der Waals surface area contributed by atoms with Crippen LogP contribution in [0.3, 0.4) is 0 Å². The summed E-state index contributed by atoms with van der Waals surface area (Å²) in [6, 6.07) is 9.26. The van der Waals surface area contributed by atoms with Gasteiger partial charge in [0.15, 0.2) is 5.65 Å². The molecule has 4 aromatic heterocycles. The predicted octanol–water partition coefficient (Wildman–Crippen LogP) is 3.47. The molecule has 0 radical (unpaired) electrons. The third kappa shape index (κ3) is 3.01. The summed E-state index contributed by atoms with van der Waals surface area (Å²) < 4.78 is 7.18. The van der Waals surface area contributed by atoms with Crippen LogP contribution in [0.1, 0.15) is 44.3 Å². The highest BCUT2D eigenvalue weighted by molar-refractivity contribution is 5.51. The summed E-state index contributed by atoms with van der Waals surface area (Å²) in [4.78, 5) is 13.3. The molecule has 4 rings (SSSR count). The van der Waals surface area contributed by atoms with Crippen molar-refractivity contribution in [3.05, 3.63) is 54.3 Å². The lowest BCUT2D eigenvalue weighted by Gasteiger charge is -2.14. The van der Waals surface area contributed by atoms with Gasteiger partial charge in [-0.05, 0) is 25.0 Å². The number of fused-ring (bicyclic) bond motifs is 1. The molecule has 0 bridgehead atoms. The monoisotopic (exact) mass is 349 g/mol. The fourth-order valence-corrected chi connectivity index (χ4v) is 2.62. The van der Waals surface area contributed by atoms with Gasteiger partial charge in [-0.15, -0.1) is 0 Å². The molecule has 8 heteroatoms. The molecule has 26 heavy (non-hydrogen) atoms. The van der Waals surface area contributed by atoms with E-state index in [1.165, 1.54) is 0 Å². The fraction of sp³-hybridized carbons (Fsp3) is 0.278. The summed E-state index contributed by atoms with van der Waals surface area (Å²) in [6.07, 6.45) is 3.43. The van der Waals surface area contributed by atoms with E-state index in [1.807, 2.05) is 37.3 Å². The van der Waals surface area contributed by atoms with Gasteiger partial charge >= 0.3 is 0 Å². The third-order valence-electron chi connectivity index (χ3n) is 4.04. The SMILES string of the molecule is CC(C)c1cc(N[C@@H](C)c2nc(-c3ccccn3)no2)n2nccc2n1. The molecular weight excluding hydrogens is 330 g/mol. The lowest BCUT2D eigenvalue weighted by Crippen LogP contribution is -2.12. The molecule has 1 atom stereocenters. The van der Waals surface area contributed by atoms with Crippen molar-refractivity contribution in [1.82, 2.24) is 29.7 Å². The minimum atomic E-state index is -0.199. The largest absolute Gasteiger partial charge is 0.358 e. The van der Waals surface area contributed by atoms with Crippen molar-refractivity contribution in [3.63, 3.8) is 0 Å². The van der Waals surface area contributed by atoms with E-state index in [9.17, 15) is 0 Å². The number of nitrogens with zero attached hydrogens (tertiary/aromatic N) is 6. The minimum Gasteiger partial charge on any atom is -0.358 e. The topological polar surface area (TPSA) is 94.0 Å². The van der Waals surface area contributed by atoms with Gasteiger partial charge in [-0.1, -0.05) is 25.1 Å². The Kier molecular flexibility index (Phi) is 4.08. The number of aromatic nitrogens is 6. The van der Waals surface area contributed by atoms with Crippen molar-refractivity contribution in [1.29, 1.82) is 0 Å². The third-order valence-corrected chi connectivity index (χ3v) is 4.04. The van der Waals surface area contributed by atoms with Crippen molar-refractivity contribution in [2.24, 2.45) is 0 Å². The number of anilines is 1. The van der Waals surface area contributed by atoms with E-state index in [4.69, 9.17) is 4.52 Å². The molecule has 0 aliphatic rings. The van der Waals surface area contributed by atoms with E-state index in [0.29, 0.717) is 23.3 Å². The highest BCUT2D eigenvalue weighted by Crippen LogP contribution is 2.23. The van der Waals surface area contributed by atoms with Crippen molar-refractivity contribution >= 4 is 11.5 Å². The lowest BCUT2D eigenvalue weighted by molar-refractivity contribution is 0.367. The van der Waals surface area contributed by atoms with E-state index < -0.39 is 0 Å². The summed E-state index contributed by atoms with van der Waals surface area (Å²) in [5.41, 5.74) is 2.47. The number of nitrogens with one attached hydrogen (secondary N) is 1. The maximum absolute atomic E-state index is 5.42. The summed E-state index contributed by atoms with van der Waals surface area (Å²) in [5, 5.41) is 11.7. The molecule has 0 aromatic carbocycles. The van der Waals surface area contributed by atoms with E-state index in [1.54, 1.807) is 16.9 Å². The summed E-state index contributed by atoms with van der Waals surface area (Å²) in [6.45, 7) is 6.18. The maximum atomic E-state index is 5.42. The maximum Gasteiger partial charge on any atom is 0.249 e. The van der Waals surface area contributed by atoms with Gasteiger partial charge in [0.05, 0.1) is 6.20 Å². The van der Waals surface area contributed by atoms with E-state index in [2.05, 4.69) is 44.4 Å². The van der Waals surface area contributed by atoms with Crippen LogP contribution in [0.5, 0.6) is 0 Å². The molecule has 0 saturated heterocycles. The highest BCUT2D eigenvalue weighted by atomic mass is 16.5. The first-order chi connectivity index (χ1) is 12.6. The van der Waals surface area contributed by atoms with Gasteiger partial charge in [-0.2, -0.15) is 14.6 Å². The van der Waals surface area contributed by atoms with Crippen molar-refractivity contribution < 1.29 is 4.52 Å². The van der Waals surface area contributed by atoms with E-state index in [-0.39, 0.29) is 6.04 Å². The smallest absolute Gasteiger partial charge is 0.249 e. The van der Waals surface area contributed by atoms with Crippen molar-refractivity contribution in [3.8, 4) is 11.5 Å². The average molecular weight is 349 g/mol. The molecule has 0 aliphatic heterocycles. The quantitative estimate of drug-likeness (QED) is 0.589. The Bertz CT molecular complexity index is 1020. The van der Waals surface area contributed by atoms with Gasteiger partial charge in [0.25, 0.3) is 0 Å². The first kappa shape index (κ1) is 16.2. The van der Waals surface area contributed by atoms with Crippen LogP contribution in [0.2, 0.25) is 0 Å². The van der Waals surface area contributed by atoms with Crippen LogP contribution in [0.15, 0.2) is 47.2 Å². The molecular formula is C18H19N7O. The number of hydrogen-bond acceptors (Lipinski definition) is 7. The molecule has 0 unspecified atom stereocenters. The van der Waals surface area contributed by atoms with E-state index in [0.717, 1.165) is 17.2 Å². The molecule has 0 amide bonds. The van der Waals surface area contributed by atoms with Gasteiger partial charge in [0, 0.05) is 24.0 Å². The fourth-order valence-electron chi connectivity index (χ4n) is 2.62. The van der Waals surface area contributed by atoms with Gasteiger partial charge < -0.3 is 9.84 Å². The Balaban J connectivity index is 1.63. The van der Waals surface area contributed by atoms with Crippen LogP contribution < -0.4 is 5.32 Å². The van der Waals surface area contributed by atoms with Gasteiger partial charge in [-0.25, -0.2) is 4.98 Å². The predicted molar refractivity (Wildman–Crippen MR) is 96.6 cm³/mol. The first-order valence-corrected chi connectivity index (χ1v) is 8.48. The zero-order chi connectivity index (χ0) is 18.1. The Morgan fingerprint density at radius 3 is 2.73 bits per heavy atom. The van der Waals surface area contributed by atoms with Crippen LogP contribution in [0.25, 0.3) is 17.2 Å². The van der Waals surface area contributed by atoms with Gasteiger partial charge in [-0.3, -0.25) is 4.98 Å². The van der Waals surface area contributed by atoms with Crippen LogP contribution in [0.4, 0.5) is 5.82 Å². The second-order valence-corrected chi connectivity index (χ2v) is 6.36. The summed E-state index contributed by atoms with van der Waals surface area (Å²) in [5.74, 6) is 2.09. The molecule has 0 spiro atoms. The Morgan fingerprint density at radius 1 is 1.08 bits per heavy atom. The Morgan fingerprint density at radius 2 is 1.96 bits per heavy atom. The number of rotatable bonds is 5. The Hall–Kier alpha value is -3.29. The van der Waals surface area contributed by atoms with Crippen molar-refractivity contribution in [2.75, 3.05) is 5.32 Å². The lowest BCUT2D eigenvalue weighted by atomic mass is 10.1. The molecule has 0 aliphatic carbocycles. The second-order valence-electron chi connectivity index (χ2n) is 6.36. The molecule has 0 fully saturated rings. The average Bonchev–Trinajstić information content (AvgIpc) is 3.32. The van der Waals surface area contributed by atoms with Crippen LogP contribution >= 0.6 is 0 Å². The zero-order valence-corrected chi connectivity index (χ0v) is 14.8. The van der Waals surface area contributed by atoms with Crippen LogP contribution in [-0.2, 0) is 0 Å². The van der Waals surface area contributed by atoms with Gasteiger partial charge in [0.1, 0.15) is 17.6 Å². The molecule has 1 N–H and O–H groups in total. The number of pyridine rings is 1.